The van der Waals surface area contributed by atoms with Gasteiger partial charge in [0.15, 0.2) is 5.96 Å². The Bertz CT molecular complexity index is 856. The quantitative estimate of drug-likeness (QED) is 0.299. The lowest BCUT2D eigenvalue weighted by molar-refractivity contribution is 0.686. The second-order valence-corrected chi connectivity index (χ2v) is 6.57. The summed E-state index contributed by atoms with van der Waals surface area (Å²) < 4.78 is 1.95. The van der Waals surface area contributed by atoms with E-state index in [1.165, 1.54) is 16.7 Å². The molecule has 3 aromatic rings. The molecule has 1 heterocycles. The largest absolute Gasteiger partial charge is 0.357 e. The predicted octanol–water partition coefficient (Wildman–Crippen LogP) is 4.11. The van der Waals surface area contributed by atoms with Crippen LogP contribution in [0.4, 0.5) is 0 Å². The minimum Gasteiger partial charge on any atom is -0.357 e. The van der Waals surface area contributed by atoms with Gasteiger partial charge in [-0.15, -0.1) is 24.0 Å². The van der Waals surface area contributed by atoms with Crippen LogP contribution in [0.3, 0.4) is 0 Å². The van der Waals surface area contributed by atoms with E-state index in [0.717, 1.165) is 31.2 Å². The number of guanidine groups is 1. The zero-order valence-corrected chi connectivity index (χ0v) is 18.8. The number of nitrogens with one attached hydrogen (secondary N) is 2. The number of halogens is 1. The highest BCUT2D eigenvalue weighted by atomic mass is 127. The van der Waals surface area contributed by atoms with E-state index in [2.05, 4.69) is 77.2 Å². The molecule has 0 amide bonds. The van der Waals surface area contributed by atoms with Crippen LogP contribution in [-0.4, -0.2) is 22.3 Å². The Morgan fingerprint density at radius 3 is 2.43 bits per heavy atom. The Kier molecular flexibility index (Phi) is 9.00. The van der Waals surface area contributed by atoms with Gasteiger partial charge in [-0.1, -0.05) is 60.2 Å². The monoisotopic (exact) mass is 489 g/mol. The fourth-order valence-corrected chi connectivity index (χ4v) is 2.75. The molecule has 5 nitrogen and oxygen atoms in total. The summed E-state index contributed by atoms with van der Waals surface area (Å²) in [5, 5.41) is 11.1. The van der Waals surface area contributed by atoms with Gasteiger partial charge in [0.1, 0.15) is 0 Å². The van der Waals surface area contributed by atoms with Gasteiger partial charge in [-0.25, -0.2) is 4.99 Å². The van der Waals surface area contributed by atoms with Crippen molar-refractivity contribution in [1.82, 2.24) is 20.4 Å². The van der Waals surface area contributed by atoms with Gasteiger partial charge in [-0.3, -0.25) is 4.68 Å². The van der Waals surface area contributed by atoms with Crippen molar-refractivity contribution in [2.75, 3.05) is 6.54 Å². The maximum atomic E-state index is 4.68. The molecule has 3 rings (SSSR count). The van der Waals surface area contributed by atoms with Crippen molar-refractivity contribution in [2.24, 2.45) is 4.99 Å². The lowest BCUT2D eigenvalue weighted by atomic mass is 10.1. The van der Waals surface area contributed by atoms with Crippen LogP contribution in [0.1, 0.15) is 29.2 Å². The van der Waals surface area contributed by atoms with Crippen molar-refractivity contribution in [3.63, 3.8) is 0 Å². The maximum Gasteiger partial charge on any atom is 0.191 e. The number of hydrogen-bond donors (Lipinski definition) is 2. The highest BCUT2D eigenvalue weighted by Gasteiger charge is 2.02. The number of benzene rings is 2. The van der Waals surface area contributed by atoms with Crippen LogP contribution < -0.4 is 10.6 Å². The topological polar surface area (TPSA) is 54.2 Å². The molecule has 0 aliphatic heterocycles. The first-order valence-corrected chi connectivity index (χ1v) is 9.36. The SMILES string of the molecule is CCNC(=NCc1cnn(Cc2ccccc2)c1)NCc1ccc(C)cc1.I. The van der Waals surface area contributed by atoms with Gasteiger partial charge in [0.25, 0.3) is 0 Å². The van der Waals surface area contributed by atoms with E-state index in [-0.39, 0.29) is 24.0 Å². The highest BCUT2D eigenvalue weighted by Crippen LogP contribution is 2.05. The van der Waals surface area contributed by atoms with E-state index in [1.54, 1.807) is 0 Å². The molecule has 0 fully saturated rings. The van der Waals surface area contributed by atoms with Crippen LogP contribution in [0.5, 0.6) is 0 Å². The smallest absolute Gasteiger partial charge is 0.191 e. The van der Waals surface area contributed by atoms with Crippen LogP contribution in [0, 0.1) is 6.92 Å². The summed E-state index contributed by atoms with van der Waals surface area (Å²) >= 11 is 0. The van der Waals surface area contributed by atoms with Crippen molar-refractivity contribution in [3.8, 4) is 0 Å². The van der Waals surface area contributed by atoms with E-state index in [4.69, 9.17) is 0 Å². The number of aliphatic imine (C=N–C) groups is 1. The molecule has 0 saturated heterocycles. The zero-order chi connectivity index (χ0) is 18.9. The zero-order valence-electron chi connectivity index (χ0n) is 16.4. The van der Waals surface area contributed by atoms with Crippen molar-refractivity contribution < 1.29 is 0 Å². The van der Waals surface area contributed by atoms with Gasteiger partial charge >= 0.3 is 0 Å². The van der Waals surface area contributed by atoms with Crippen LogP contribution in [0.25, 0.3) is 0 Å². The maximum absolute atomic E-state index is 4.68. The van der Waals surface area contributed by atoms with Gasteiger partial charge in [0.05, 0.1) is 19.3 Å². The molecule has 2 N–H and O–H groups in total. The molecular formula is C22H28IN5. The molecule has 0 spiro atoms. The van der Waals surface area contributed by atoms with Crippen LogP contribution in [0.2, 0.25) is 0 Å². The van der Waals surface area contributed by atoms with Crippen molar-refractivity contribution in [1.29, 1.82) is 0 Å². The Morgan fingerprint density at radius 1 is 0.964 bits per heavy atom. The lowest BCUT2D eigenvalue weighted by Gasteiger charge is -2.11. The molecule has 0 aliphatic rings. The summed E-state index contributed by atoms with van der Waals surface area (Å²) in [6.45, 7) is 7.11. The Morgan fingerprint density at radius 2 is 1.71 bits per heavy atom. The first-order valence-electron chi connectivity index (χ1n) is 9.36. The molecule has 0 unspecified atom stereocenters. The minimum absolute atomic E-state index is 0. The number of hydrogen-bond acceptors (Lipinski definition) is 2. The molecule has 0 bridgehead atoms. The summed E-state index contributed by atoms with van der Waals surface area (Å²) in [6.07, 6.45) is 3.94. The van der Waals surface area contributed by atoms with Gasteiger partial charge in [-0.2, -0.15) is 5.10 Å². The molecular weight excluding hydrogens is 461 g/mol. The summed E-state index contributed by atoms with van der Waals surface area (Å²) in [5.41, 5.74) is 4.84. The molecule has 1 aromatic heterocycles. The third kappa shape index (κ3) is 6.99. The number of aromatic nitrogens is 2. The van der Waals surface area contributed by atoms with E-state index in [1.807, 2.05) is 29.1 Å². The van der Waals surface area contributed by atoms with Gasteiger partial charge in [-0.05, 0) is 25.0 Å². The second-order valence-electron chi connectivity index (χ2n) is 6.57. The number of nitrogens with zero attached hydrogens (tertiary/aromatic N) is 3. The third-order valence-corrected chi connectivity index (χ3v) is 4.22. The van der Waals surface area contributed by atoms with E-state index in [0.29, 0.717) is 6.54 Å². The molecule has 0 saturated carbocycles. The standard InChI is InChI=1S/C22H27N5.HI/c1-3-23-22(24-13-19-11-9-18(2)10-12-19)25-14-21-15-26-27(17-21)16-20-7-5-4-6-8-20;/h4-12,15,17H,3,13-14,16H2,1-2H3,(H2,23,24,25);1H. The molecule has 0 radical (unpaired) electrons. The number of aryl methyl sites for hydroxylation is 1. The van der Waals surface area contributed by atoms with Crippen LogP contribution in [-0.2, 0) is 19.6 Å². The summed E-state index contributed by atoms with van der Waals surface area (Å²) in [4.78, 5) is 4.68. The van der Waals surface area contributed by atoms with Crippen molar-refractivity contribution in [2.45, 2.75) is 33.5 Å². The predicted molar refractivity (Wildman–Crippen MR) is 126 cm³/mol. The molecule has 6 heteroatoms. The van der Waals surface area contributed by atoms with E-state index >= 15 is 0 Å². The Hall–Kier alpha value is -2.35. The summed E-state index contributed by atoms with van der Waals surface area (Å²) in [5.74, 6) is 0.814. The minimum atomic E-state index is 0. The third-order valence-electron chi connectivity index (χ3n) is 4.22. The van der Waals surface area contributed by atoms with Crippen molar-refractivity contribution >= 4 is 29.9 Å². The first-order chi connectivity index (χ1) is 13.2. The van der Waals surface area contributed by atoms with E-state index < -0.39 is 0 Å². The Labute approximate surface area is 184 Å². The van der Waals surface area contributed by atoms with E-state index in [9.17, 15) is 0 Å². The first kappa shape index (κ1) is 21.9. The highest BCUT2D eigenvalue weighted by molar-refractivity contribution is 14.0. The summed E-state index contributed by atoms with van der Waals surface area (Å²) in [6, 6.07) is 18.9. The second kappa shape index (κ2) is 11.5. The average molecular weight is 489 g/mol. The Balaban J connectivity index is 0.00000280. The average Bonchev–Trinajstić information content (AvgIpc) is 3.13. The number of rotatable bonds is 7. The fourth-order valence-electron chi connectivity index (χ4n) is 2.75. The van der Waals surface area contributed by atoms with Gasteiger partial charge in [0, 0.05) is 24.8 Å². The molecule has 28 heavy (non-hydrogen) atoms. The van der Waals surface area contributed by atoms with Gasteiger partial charge < -0.3 is 10.6 Å². The van der Waals surface area contributed by atoms with Gasteiger partial charge in [0.2, 0.25) is 0 Å². The van der Waals surface area contributed by atoms with Crippen LogP contribution >= 0.6 is 24.0 Å². The van der Waals surface area contributed by atoms with Crippen LogP contribution in [0.15, 0.2) is 72.0 Å². The van der Waals surface area contributed by atoms with Crippen molar-refractivity contribution in [3.05, 3.63) is 89.2 Å². The normalized spacial score (nSPS) is 11.0. The fraction of sp³-hybridized carbons (Fsp3) is 0.273. The lowest BCUT2D eigenvalue weighted by Crippen LogP contribution is -2.36. The molecule has 0 atom stereocenters. The molecule has 0 aliphatic carbocycles. The molecule has 148 valence electrons. The molecule has 2 aromatic carbocycles. The summed E-state index contributed by atoms with van der Waals surface area (Å²) in [7, 11) is 0.